The molecule has 12 nitrogen and oxygen atoms in total. The fraction of sp³-hybridized carbons (Fsp3) is 0.364. The number of ether oxygens (including phenoxy) is 2. The van der Waals surface area contributed by atoms with Crippen LogP contribution in [-0.4, -0.2) is 68.3 Å². The van der Waals surface area contributed by atoms with E-state index in [0.29, 0.717) is 67.9 Å². The molecule has 1 aromatic carbocycles. The van der Waals surface area contributed by atoms with E-state index in [2.05, 4.69) is 40.5 Å². The van der Waals surface area contributed by atoms with Gasteiger partial charge in [-0.1, -0.05) is 36.4 Å². The van der Waals surface area contributed by atoms with E-state index in [9.17, 15) is 18.0 Å². The number of rotatable bonds is 9. The molecule has 250 valence electrons. The van der Waals surface area contributed by atoms with E-state index in [1.54, 1.807) is 35.8 Å². The van der Waals surface area contributed by atoms with E-state index in [1.165, 1.54) is 7.11 Å². The molecule has 3 aromatic heterocycles. The number of carbonyl (C=O) groups excluding carboxylic acids is 1. The third-order valence-electron chi connectivity index (χ3n) is 8.25. The van der Waals surface area contributed by atoms with Gasteiger partial charge in [0, 0.05) is 42.8 Å². The number of anilines is 2. The lowest BCUT2D eigenvalue weighted by Gasteiger charge is -2.36. The summed E-state index contributed by atoms with van der Waals surface area (Å²) in [5.74, 6) is 0.519. The Kier molecular flexibility index (Phi) is 10.0. The Morgan fingerprint density at radius 3 is 2.40 bits per heavy atom. The highest BCUT2D eigenvalue weighted by Gasteiger charge is 2.37. The maximum atomic E-state index is 13.8. The minimum Gasteiger partial charge on any atom is -0.467 e. The largest absolute Gasteiger partial charge is 0.467 e. The van der Waals surface area contributed by atoms with E-state index < -0.39 is 11.7 Å². The summed E-state index contributed by atoms with van der Waals surface area (Å²) in [6.07, 6.45) is 6.95. The minimum atomic E-state index is -4.58. The van der Waals surface area contributed by atoms with Crippen LogP contribution in [0.2, 0.25) is 0 Å². The first-order chi connectivity index (χ1) is 23.3. The van der Waals surface area contributed by atoms with Crippen molar-refractivity contribution in [2.75, 3.05) is 30.5 Å². The molecular weight excluding hydrogens is 627 g/mol. The number of aromatic nitrogens is 6. The summed E-state index contributed by atoms with van der Waals surface area (Å²) in [4.78, 5) is 41.0. The fourth-order valence-electron chi connectivity index (χ4n) is 5.77. The number of hydrogen-bond donors (Lipinski definition) is 2. The van der Waals surface area contributed by atoms with Crippen molar-refractivity contribution < 1.29 is 27.4 Å². The molecule has 0 spiro atoms. The summed E-state index contributed by atoms with van der Waals surface area (Å²) < 4.78 is 51.7. The van der Waals surface area contributed by atoms with Crippen molar-refractivity contribution in [1.82, 2.24) is 35.2 Å². The molecule has 1 aliphatic carbocycles. The van der Waals surface area contributed by atoms with Gasteiger partial charge in [-0.3, -0.25) is 9.88 Å². The average Bonchev–Trinajstić information content (AvgIpc) is 3.12. The molecular formula is C33H34F3N9O3. The van der Waals surface area contributed by atoms with Crippen LogP contribution in [0.25, 0.3) is 16.8 Å². The molecule has 4 aromatic rings. The second kappa shape index (κ2) is 14.7. The van der Waals surface area contributed by atoms with E-state index in [-0.39, 0.29) is 42.4 Å². The molecule has 4 heterocycles. The first-order valence-electron chi connectivity index (χ1n) is 15.6. The second-order valence-electron chi connectivity index (χ2n) is 11.4. The number of carbonyl (C=O) groups is 1. The molecule has 48 heavy (non-hydrogen) atoms. The lowest BCUT2D eigenvalue weighted by atomic mass is 9.90. The topological polar surface area (TPSA) is 140 Å². The first kappa shape index (κ1) is 32.7. The van der Waals surface area contributed by atoms with Crippen LogP contribution in [0.3, 0.4) is 0 Å². The summed E-state index contributed by atoms with van der Waals surface area (Å²) in [5.41, 5.74) is 1.63. The Hall–Kier alpha value is -5.18. The Morgan fingerprint density at radius 1 is 0.979 bits per heavy atom. The maximum Gasteiger partial charge on any atom is 0.419 e. The van der Waals surface area contributed by atoms with Crippen LogP contribution in [-0.2, 0) is 17.5 Å². The molecule has 2 amide bonds. The average molecular weight is 662 g/mol. The molecule has 1 aliphatic heterocycles. The van der Waals surface area contributed by atoms with E-state index in [0.717, 1.165) is 11.8 Å². The van der Waals surface area contributed by atoms with Gasteiger partial charge >= 0.3 is 18.2 Å². The van der Waals surface area contributed by atoms with Crippen LogP contribution in [0.5, 0.6) is 6.01 Å². The lowest BCUT2D eigenvalue weighted by molar-refractivity contribution is -0.138. The van der Waals surface area contributed by atoms with Gasteiger partial charge in [0.05, 0.1) is 49.7 Å². The van der Waals surface area contributed by atoms with Crippen LogP contribution in [0.1, 0.15) is 48.9 Å². The van der Waals surface area contributed by atoms with Crippen molar-refractivity contribution >= 4 is 23.4 Å². The molecule has 1 saturated carbocycles. The van der Waals surface area contributed by atoms with Crippen molar-refractivity contribution in [3.8, 4) is 17.3 Å². The van der Waals surface area contributed by atoms with Crippen LogP contribution < -0.4 is 20.3 Å². The number of hydrogen-bond acceptors (Lipinski definition) is 10. The molecule has 0 atom stereocenters. The highest BCUT2D eigenvalue weighted by atomic mass is 19.4. The number of alkyl halides is 3. The Balaban J connectivity index is 1.17. The standard InChI is InChI=1S/C33H34F3N9O3/c1-47-31-40-16-23(17-41-31)27-19-38-28(20-37-27)45(32(46)42-15-21-5-3-2-4-6-21)25-9-7-24(8-10-25)43-30-39-18-26(33(34,35)36)29(44-30)22-11-13-48-14-12-22/h2-6,11,16-20,24-25H,7-10,12-15H2,1H3,(H,42,46)(H,39,43,44)/t24-,25-. The first-order valence-corrected chi connectivity index (χ1v) is 15.6. The van der Waals surface area contributed by atoms with E-state index >= 15 is 0 Å². The summed E-state index contributed by atoms with van der Waals surface area (Å²) in [6, 6.07) is 9.19. The van der Waals surface area contributed by atoms with Gasteiger partial charge in [0.2, 0.25) is 5.95 Å². The number of halogens is 3. The molecule has 2 aliphatic rings. The number of amides is 2. The van der Waals surface area contributed by atoms with Crippen LogP contribution in [0, 0.1) is 0 Å². The molecule has 0 unspecified atom stereocenters. The van der Waals surface area contributed by atoms with Crippen LogP contribution in [0.15, 0.2) is 67.4 Å². The zero-order valence-corrected chi connectivity index (χ0v) is 26.2. The fourth-order valence-corrected chi connectivity index (χ4v) is 5.77. The van der Waals surface area contributed by atoms with Gasteiger partial charge in [0.15, 0.2) is 5.82 Å². The molecule has 1 fully saturated rings. The SMILES string of the molecule is COc1ncc(-c2cnc(N(C(=O)NCc3ccccc3)[C@H]3CC[C@H](Nc4ncc(C(F)(F)F)c(C5=CCOCC5)n4)CC3)cn2)cn1. The highest BCUT2D eigenvalue weighted by Crippen LogP contribution is 2.36. The van der Waals surface area contributed by atoms with E-state index in [1.807, 2.05) is 30.3 Å². The third kappa shape index (κ3) is 7.85. The van der Waals surface area contributed by atoms with Gasteiger partial charge in [-0.15, -0.1) is 0 Å². The zero-order chi connectivity index (χ0) is 33.5. The van der Waals surface area contributed by atoms with Crippen molar-refractivity contribution in [2.24, 2.45) is 0 Å². The maximum absolute atomic E-state index is 13.8. The van der Waals surface area contributed by atoms with Gasteiger partial charge < -0.3 is 20.1 Å². The molecule has 0 bridgehead atoms. The summed E-state index contributed by atoms with van der Waals surface area (Å²) in [5, 5.41) is 6.24. The number of nitrogens with zero attached hydrogens (tertiary/aromatic N) is 7. The van der Waals surface area contributed by atoms with Crippen molar-refractivity contribution in [3.63, 3.8) is 0 Å². The van der Waals surface area contributed by atoms with Gasteiger partial charge in [-0.2, -0.15) is 13.2 Å². The minimum absolute atomic E-state index is 0.104. The van der Waals surface area contributed by atoms with Gasteiger partial charge in [-0.05, 0) is 43.2 Å². The molecule has 0 saturated heterocycles. The molecule has 0 radical (unpaired) electrons. The number of benzene rings is 1. The van der Waals surface area contributed by atoms with Gasteiger partial charge in [-0.25, -0.2) is 29.7 Å². The smallest absolute Gasteiger partial charge is 0.419 e. The van der Waals surface area contributed by atoms with Gasteiger partial charge in [0.25, 0.3) is 0 Å². The van der Waals surface area contributed by atoms with Crippen LogP contribution in [0.4, 0.5) is 29.7 Å². The second-order valence-corrected chi connectivity index (χ2v) is 11.4. The Labute approximate surface area is 274 Å². The zero-order valence-electron chi connectivity index (χ0n) is 26.2. The van der Waals surface area contributed by atoms with Crippen molar-refractivity contribution in [3.05, 3.63) is 84.2 Å². The molecule has 15 heteroatoms. The monoisotopic (exact) mass is 661 g/mol. The van der Waals surface area contributed by atoms with Crippen molar-refractivity contribution in [2.45, 2.75) is 56.9 Å². The quantitative estimate of drug-likeness (QED) is 0.230. The molecule has 2 N–H and O–H groups in total. The summed E-state index contributed by atoms with van der Waals surface area (Å²) in [7, 11) is 1.48. The van der Waals surface area contributed by atoms with Crippen molar-refractivity contribution in [1.29, 1.82) is 0 Å². The summed E-state index contributed by atoms with van der Waals surface area (Å²) in [6.45, 7) is 0.901. The predicted molar refractivity (Wildman–Crippen MR) is 171 cm³/mol. The van der Waals surface area contributed by atoms with E-state index in [4.69, 9.17) is 9.47 Å². The Morgan fingerprint density at radius 2 is 1.75 bits per heavy atom. The highest BCUT2D eigenvalue weighted by molar-refractivity contribution is 5.91. The number of methoxy groups -OCH3 is 1. The normalized spacial score (nSPS) is 18.0. The van der Waals surface area contributed by atoms with Crippen LogP contribution >= 0.6 is 0 Å². The predicted octanol–water partition coefficient (Wildman–Crippen LogP) is 5.69. The third-order valence-corrected chi connectivity index (χ3v) is 8.25. The molecule has 6 rings (SSSR count). The van der Waals surface area contributed by atoms with Gasteiger partial charge in [0.1, 0.15) is 0 Å². The number of urea groups is 1. The number of nitrogens with one attached hydrogen (secondary N) is 2. The lowest BCUT2D eigenvalue weighted by Crippen LogP contribution is -2.49. The summed E-state index contributed by atoms with van der Waals surface area (Å²) >= 11 is 0. The Bertz CT molecular complexity index is 1710.